The lowest BCUT2D eigenvalue weighted by atomic mass is 10.1. The predicted molar refractivity (Wildman–Crippen MR) is 109 cm³/mol. The molecule has 8 nitrogen and oxygen atoms in total. The minimum absolute atomic E-state index is 0.0685. The Morgan fingerprint density at radius 2 is 2.21 bits per heavy atom. The van der Waals surface area contributed by atoms with E-state index in [-0.39, 0.29) is 16.7 Å². The molecule has 2 aliphatic rings. The first kappa shape index (κ1) is 18.8. The largest absolute Gasteiger partial charge is 0.489 e. The summed E-state index contributed by atoms with van der Waals surface area (Å²) in [6, 6.07) is 6.21. The SMILES string of the molecule is CCc1nc(C(N)=O)c(Nc2ccc3c(c2)OC[C@@H]2CN(C)CCN32)nc1Cl. The van der Waals surface area contributed by atoms with E-state index < -0.39 is 5.91 Å². The number of nitrogens with zero attached hydrogens (tertiary/aromatic N) is 4. The summed E-state index contributed by atoms with van der Waals surface area (Å²) in [4.78, 5) is 25.1. The number of hydrogen-bond donors (Lipinski definition) is 2. The summed E-state index contributed by atoms with van der Waals surface area (Å²) >= 11 is 6.17. The number of aryl methyl sites for hydroxylation is 1. The van der Waals surface area contributed by atoms with Gasteiger partial charge in [0.1, 0.15) is 12.4 Å². The molecular weight excluding hydrogens is 380 g/mol. The molecule has 1 saturated heterocycles. The van der Waals surface area contributed by atoms with Gasteiger partial charge in [-0.25, -0.2) is 9.97 Å². The standard InChI is InChI=1S/C19H23ClN6O2/c1-3-13-17(20)24-19(16(23-13)18(21)27)22-11-4-5-14-15(8-11)28-10-12-9-25(2)6-7-26(12)14/h4-5,8,12H,3,6-7,9-10H2,1-2H3,(H2,21,27)(H,22,24)/t12-/m0/s1. The Morgan fingerprint density at radius 1 is 1.39 bits per heavy atom. The number of carbonyl (C=O) groups is 1. The number of nitrogens with two attached hydrogens (primary N) is 1. The average Bonchev–Trinajstić information content (AvgIpc) is 2.67. The van der Waals surface area contributed by atoms with Crippen molar-refractivity contribution in [3.63, 3.8) is 0 Å². The fourth-order valence-electron chi connectivity index (χ4n) is 3.67. The number of hydrogen-bond acceptors (Lipinski definition) is 7. The number of piperazine rings is 1. The maximum absolute atomic E-state index is 11.8. The van der Waals surface area contributed by atoms with Crippen LogP contribution in [0.4, 0.5) is 17.2 Å². The molecule has 0 aliphatic carbocycles. The number of halogens is 1. The Kier molecular flexibility index (Phi) is 4.99. The molecule has 3 N–H and O–H groups in total. The fraction of sp³-hybridized carbons (Fsp3) is 0.421. The number of rotatable bonds is 4. The number of likely N-dealkylation sites (N-methyl/N-ethyl adjacent to an activating group) is 1. The van der Waals surface area contributed by atoms with E-state index in [1.807, 2.05) is 25.1 Å². The Labute approximate surface area is 168 Å². The van der Waals surface area contributed by atoms with Crippen LogP contribution in [-0.2, 0) is 6.42 Å². The van der Waals surface area contributed by atoms with Crippen LogP contribution in [0.15, 0.2) is 18.2 Å². The van der Waals surface area contributed by atoms with Gasteiger partial charge in [0, 0.05) is 31.4 Å². The van der Waals surface area contributed by atoms with Gasteiger partial charge in [0.25, 0.3) is 5.91 Å². The summed E-state index contributed by atoms with van der Waals surface area (Å²) in [5.41, 5.74) is 7.89. The highest BCUT2D eigenvalue weighted by Gasteiger charge is 2.31. The van der Waals surface area contributed by atoms with E-state index in [0.29, 0.717) is 24.8 Å². The van der Waals surface area contributed by atoms with Gasteiger partial charge < -0.3 is 25.6 Å². The zero-order valence-corrected chi connectivity index (χ0v) is 16.7. The Bertz CT molecular complexity index is 922. The van der Waals surface area contributed by atoms with Crippen molar-refractivity contribution >= 4 is 34.7 Å². The quantitative estimate of drug-likeness (QED) is 0.807. The van der Waals surface area contributed by atoms with Gasteiger partial charge in [-0.1, -0.05) is 18.5 Å². The topological polar surface area (TPSA) is 96.6 Å². The Morgan fingerprint density at radius 3 is 2.96 bits per heavy atom. The normalized spacial score (nSPS) is 18.8. The van der Waals surface area contributed by atoms with Crippen LogP contribution in [-0.4, -0.2) is 60.1 Å². The van der Waals surface area contributed by atoms with E-state index in [4.69, 9.17) is 22.1 Å². The van der Waals surface area contributed by atoms with Crippen molar-refractivity contribution < 1.29 is 9.53 Å². The van der Waals surface area contributed by atoms with Crippen LogP contribution in [0.1, 0.15) is 23.1 Å². The highest BCUT2D eigenvalue weighted by Crippen LogP contribution is 2.38. The molecule has 4 rings (SSSR count). The molecule has 0 radical (unpaired) electrons. The second-order valence-electron chi connectivity index (χ2n) is 7.10. The van der Waals surface area contributed by atoms with Crippen molar-refractivity contribution in [1.82, 2.24) is 14.9 Å². The van der Waals surface area contributed by atoms with E-state index in [0.717, 1.165) is 36.8 Å². The van der Waals surface area contributed by atoms with Crippen molar-refractivity contribution in [3.05, 3.63) is 34.7 Å². The van der Waals surface area contributed by atoms with Crippen LogP contribution < -0.4 is 20.7 Å². The van der Waals surface area contributed by atoms with Gasteiger partial charge in [-0.2, -0.15) is 0 Å². The molecule has 0 unspecified atom stereocenters. The lowest BCUT2D eigenvalue weighted by molar-refractivity contribution is 0.0996. The van der Waals surface area contributed by atoms with Gasteiger partial charge in [0.05, 0.1) is 17.4 Å². The number of carbonyl (C=O) groups excluding carboxylic acids is 1. The van der Waals surface area contributed by atoms with Crippen LogP contribution >= 0.6 is 11.6 Å². The number of fused-ring (bicyclic) bond motifs is 3. The molecule has 1 amide bonds. The molecule has 1 aromatic heterocycles. The number of anilines is 3. The molecule has 28 heavy (non-hydrogen) atoms. The summed E-state index contributed by atoms with van der Waals surface area (Å²) in [7, 11) is 2.13. The molecular formula is C19H23ClN6O2. The van der Waals surface area contributed by atoms with Crippen molar-refractivity contribution in [2.45, 2.75) is 19.4 Å². The van der Waals surface area contributed by atoms with E-state index >= 15 is 0 Å². The summed E-state index contributed by atoms with van der Waals surface area (Å²) in [6.45, 7) is 5.51. The van der Waals surface area contributed by atoms with Gasteiger partial charge >= 0.3 is 0 Å². The molecule has 148 valence electrons. The number of ether oxygens (including phenoxy) is 1. The van der Waals surface area contributed by atoms with Crippen molar-refractivity contribution in [1.29, 1.82) is 0 Å². The van der Waals surface area contributed by atoms with Crippen LogP contribution in [0.3, 0.4) is 0 Å². The zero-order chi connectivity index (χ0) is 19.8. The molecule has 9 heteroatoms. The molecule has 0 spiro atoms. The van der Waals surface area contributed by atoms with Crippen LogP contribution in [0.25, 0.3) is 0 Å². The fourth-order valence-corrected chi connectivity index (χ4v) is 3.93. The highest BCUT2D eigenvalue weighted by molar-refractivity contribution is 6.30. The second kappa shape index (κ2) is 7.44. The minimum Gasteiger partial charge on any atom is -0.489 e. The first-order chi connectivity index (χ1) is 13.5. The van der Waals surface area contributed by atoms with Gasteiger partial charge in [-0.05, 0) is 25.6 Å². The summed E-state index contributed by atoms with van der Waals surface area (Å²) in [5.74, 6) is 0.384. The Hall–Kier alpha value is -2.58. The molecule has 2 aromatic rings. The van der Waals surface area contributed by atoms with Crippen LogP contribution in [0, 0.1) is 0 Å². The molecule has 1 atom stereocenters. The first-order valence-electron chi connectivity index (χ1n) is 9.31. The average molecular weight is 403 g/mol. The molecule has 0 saturated carbocycles. The number of amides is 1. The number of benzene rings is 1. The predicted octanol–water partition coefficient (Wildman–Crippen LogP) is 2.05. The second-order valence-corrected chi connectivity index (χ2v) is 7.46. The van der Waals surface area contributed by atoms with Gasteiger partial charge in [-0.15, -0.1) is 0 Å². The van der Waals surface area contributed by atoms with Gasteiger partial charge in [0.2, 0.25) is 0 Å². The highest BCUT2D eigenvalue weighted by atomic mass is 35.5. The van der Waals surface area contributed by atoms with Gasteiger partial charge in [-0.3, -0.25) is 4.79 Å². The molecule has 3 heterocycles. The van der Waals surface area contributed by atoms with Crippen molar-refractivity contribution in [2.75, 3.05) is 43.5 Å². The monoisotopic (exact) mass is 402 g/mol. The lowest BCUT2D eigenvalue weighted by Gasteiger charge is -2.44. The zero-order valence-electron chi connectivity index (χ0n) is 15.9. The summed E-state index contributed by atoms with van der Waals surface area (Å²) < 4.78 is 6.00. The molecule has 2 aliphatic heterocycles. The maximum atomic E-state index is 11.8. The number of primary amides is 1. The number of nitrogens with one attached hydrogen (secondary N) is 1. The van der Waals surface area contributed by atoms with E-state index in [1.165, 1.54) is 0 Å². The third kappa shape index (κ3) is 3.45. The van der Waals surface area contributed by atoms with Gasteiger partial charge in [0.15, 0.2) is 16.7 Å². The first-order valence-corrected chi connectivity index (χ1v) is 9.69. The van der Waals surface area contributed by atoms with Crippen LogP contribution in [0.5, 0.6) is 5.75 Å². The van der Waals surface area contributed by atoms with Crippen molar-refractivity contribution in [3.8, 4) is 5.75 Å². The number of aromatic nitrogens is 2. The van der Waals surface area contributed by atoms with E-state index in [1.54, 1.807) is 0 Å². The van der Waals surface area contributed by atoms with E-state index in [2.05, 4.69) is 32.1 Å². The molecule has 0 bridgehead atoms. The van der Waals surface area contributed by atoms with Crippen LogP contribution in [0.2, 0.25) is 5.15 Å². The third-order valence-corrected chi connectivity index (χ3v) is 5.44. The lowest BCUT2D eigenvalue weighted by Crippen LogP contribution is -2.56. The molecule has 1 fully saturated rings. The van der Waals surface area contributed by atoms with Crippen molar-refractivity contribution in [2.24, 2.45) is 5.73 Å². The smallest absolute Gasteiger partial charge is 0.271 e. The third-order valence-electron chi connectivity index (χ3n) is 5.14. The minimum atomic E-state index is -0.657. The summed E-state index contributed by atoms with van der Waals surface area (Å²) in [6.07, 6.45) is 0.561. The van der Waals surface area contributed by atoms with E-state index in [9.17, 15) is 4.79 Å². The summed E-state index contributed by atoms with van der Waals surface area (Å²) in [5, 5.41) is 3.36. The molecule has 1 aromatic carbocycles. The Balaban J connectivity index is 1.62. The maximum Gasteiger partial charge on any atom is 0.271 e.